The molecule has 174 valence electrons. The molecule has 1 aromatic heterocycles. The van der Waals surface area contributed by atoms with Crippen molar-refractivity contribution in [2.24, 2.45) is 0 Å². The number of hydrogen-bond donors (Lipinski definition) is 3. The molecule has 0 bridgehead atoms. The van der Waals surface area contributed by atoms with Crippen LogP contribution in [0.3, 0.4) is 0 Å². The number of nitrogens with one attached hydrogen (secondary N) is 2. The molecule has 9 nitrogen and oxygen atoms in total. The first kappa shape index (κ1) is 24.2. The number of rotatable bonds is 4. The van der Waals surface area contributed by atoms with Gasteiger partial charge in [0.05, 0.1) is 10.6 Å². The van der Waals surface area contributed by atoms with E-state index < -0.39 is 34.5 Å². The van der Waals surface area contributed by atoms with Crippen molar-refractivity contribution >= 4 is 33.7 Å². The average Bonchev–Trinajstić information content (AvgIpc) is 2.71. The number of aromatic nitrogens is 1. The Balaban J connectivity index is 2.02. The maximum Gasteiger partial charge on any atom is 0.278 e. The van der Waals surface area contributed by atoms with Crippen LogP contribution in [0.1, 0.15) is 49.3 Å². The molecule has 1 aliphatic rings. The number of thioether (sulfide) groups is 1. The number of fused-ring (bicyclic) bond motifs is 1. The predicted molar refractivity (Wildman–Crippen MR) is 124 cm³/mol. The second-order valence-electron chi connectivity index (χ2n) is 7.95. The summed E-state index contributed by atoms with van der Waals surface area (Å²) >= 11 is 0.690. The fourth-order valence-corrected chi connectivity index (χ4v) is 4.67. The van der Waals surface area contributed by atoms with Crippen LogP contribution in [-0.4, -0.2) is 48.8 Å². The van der Waals surface area contributed by atoms with Gasteiger partial charge in [0.25, 0.3) is 5.91 Å². The molecule has 3 rings (SSSR count). The van der Waals surface area contributed by atoms with E-state index in [0.29, 0.717) is 17.3 Å². The Hall–Kier alpha value is -3.47. The minimum absolute atomic E-state index is 0.0187. The van der Waals surface area contributed by atoms with Crippen molar-refractivity contribution in [1.29, 1.82) is 10.8 Å². The molecule has 0 spiro atoms. The standard InChI is InChI=1S/C22H24FN5O4S/c1-5-26-21(32)17-19(31)18(30)15(11-27(17)28(12(2)29)22(26,3)4)20(25)33-16(24)10-13-6-8-14(23)9-7-13/h6-9,11,24-25,31H,5,10H2,1-4H3. The van der Waals surface area contributed by atoms with E-state index in [1.807, 2.05) is 0 Å². The van der Waals surface area contributed by atoms with Crippen LogP contribution in [-0.2, 0) is 11.2 Å². The maximum absolute atomic E-state index is 13.1. The number of aromatic hydroxyl groups is 1. The highest BCUT2D eigenvalue weighted by molar-refractivity contribution is 8.26. The Morgan fingerprint density at radius 1 is 1.18 bits per heavy atom. The zero-order valence-corrected chi connectivity index (χ0v) is 19.4. The van der Waals surface area contributed by atoms with Gasteiger partial charge in [0.2, 0.25) is 11.3 Å². The smallest absolute Gasteiger partial charge is 0.278 e. The Bertz CT molecular complexity index is 1220. The Morgan fingerprint density at radius 3 is 2.33 bits per heavy atom. The monoisotopic (exact) mass is 473 g/mol. The number of nitrogens with zero attached hydrogens (tertiary/aromatic N) is 3. The molecule has 2 aromatic rings. The topological polar surface area (TPSA) is 131 Å². The van der Waals surface area contributed by atoms with E-state index in [9.17, 15) is 23.9 Å². The van der Waals surface area contributed by atoms with Gasteiger partial charge in [0.15, 0.2) is 11.4 Å². The van der Waals surface area contributed by atoms with Gasteiger partial charge in [-0.3, -0.25) is 25.2 Å². The third-order valence-electron chi connectivity index (χ3n) is 5.37. The number of carbonyl (C=O) groups is 2. The van der Waals surface area contributed by atoms with Crippen LogP contribution in [0.4, 0.5) is 4.39 Å². The van der Waals surface area contributed by atoms with Crippen molar-refractivity contribution in [3.05, 3.63) is 63.3 Å². The number of hydrogen-bond acceptors (Lipinski definition) is 7. The quantitative estimate of drug-likeness (QED) is 0.464. The van der Waals surface area contributed by atoms with Crippen molar-refractivity contribution in [3.63, 3.8) is 0 Å². The first-order valence-electron chi connectivity index (χ1n) is 10.1. The highest BCUT2D eigenvalue weighted by Gasteiger charge is 2.46. The summed E-state index contributed by atoms with van der Waals surface area (Å²) in [6.07, 6.45) is 1.29. The van der Waals surface area contributed by atoms with Crippen LogP contribution >= 0.6 is 11.8 Å². The molecule has 11 heteroatoms. The van der Waals surface area contributed by atoms with E-state index in [0.717, 1.165) is 4.68 Å². The summed E-state index contributed by atoms with van der Waals surface area (Å²) in [5.74, 6) is -2.33. The van der Waals surface area contributed by atoms with Crippen LogP contribution in [0.5, 0.6) is 5.75 Å². The molecule has 0 saturated carbocycles. The number of carbonyl (C=O) groups excluding carboxylic acids is 2. The summed E-state index contributed by atoms with van der Waals surface area (Å²) in [7, 11) is 0. The number of halogens is 1. The van der Waals surface area contributed by atoms with Crippen molar-refractivity contribution in [3.8, 4) is 5.75 Å². The van der Waals surface area contributed by atoms with Gasteiger partial charge in [-0.15, -0.1) is 0 Å². The van der Waals surface area contributed by atoms with Gasteiger partial charge < -0.3 is 10.0 Å². The summed E-state index contributed by atoms with van der Waals surface area (Å²) < 4.78 is 14.2. The molecule has 0 radical (unpaired) electrons. The lowest BCUT2D eigenvalue weighted by Crippen LogP contribution is -2.69. The third-order valence-corrected chi connectivity index (χ3v) is 6.18. The molecule has 0 unspecified atom stereocenters. The molecule has 1 aromatic carbocycles. The fraction of sp³-hybridized carbons (Fsp3) is 0.318. The predicted octanol–water partition coefficient (Wildman–Crippen LogP) is 2.67. The SMILES string of the molecule is CCN1C(=O)c2c(O)c(=O)c(C(=N)SC(=N)Cc3ccc(F)cc3)cn2N(C(C)=O)C1(C)C. The lowest BCUT2D eigenvalue weighted by molar-refractivity contribution is -0.121. The van der Waals surface area contributed by atoms with Crippen molar-refractivity contribution in [2.45, 2.75) is 39.8 Å². The lowest BCUT2D eigenvalue weighted by atomic mass is 10.1. The number of benzene rings is 1. The molecule has 0 aliphatic carbocycles. The molecule has 1 aliphatic heterocycles. The van der Waals surface area contributed by atoms with Crippen LogP contribution in [0, 0.1) is 16.6 Å². The summed E-state index contributed by atoms with van der Waals surface area (Å²) in [4.78, 5) is 39.8. The lowest BCUT2D eigenvalue weighted by Gasteiger charge is -2.50. The van der Waals surface area contributed by atoms with Crippen LogP contribution in [0.2, 0.25) is 0 Å². The highest BCUT2D eigenvalue weighted by Crippen LogP contribution is 2.31. The van der Waals surface area contributed by atoms with Gasteiger partial charge in [0, 0.05) is 26.1 Å². The summed E-state index contributed by atoms with van der Waals surface area (Å²) in [6.45, 7) is 6.56. The molecule has 0 atom stereocenters. The van der Waals surface area contributed by atoms with Crippen molar-refractivity contribution < 1.29 is 19.1 Å². The molecule has 33 heavy (non-hydrogen) atoms. The van der Waals surface area contributed by atoms with E-state index in [1.165, 1.54) is 47.3 Å². The van der Waals surface area contributed by atoms with Crippen LogP contribution < -0.4 is 10.4 Å². The van der Waals surface area contributed by atoms with Crippen molar-refractivity contribution in [1.82, 2.24) is 9.58 Å². The van der Waals surface area contributed by atoms with Gasteiger partial charge in [-0.25, -0.2) is 14.1 Å². The van der Waals surface area contributed by atoms with Gasteiger partial charge in [-0.05, 0) is 38.5 Å². The zero-order valence-electron chi connectivity index (χ0n) is 18.6. The first-order valence-corrected chi connectivity index (χ1v) is 10.9. The highest BCUT2D eigenvalue weighted by atomic mass is 32.2. The Morgan fingerprint density at radius 2 is 1.79 bits per heavy atom. The van der Waals surface area contributed by atoms with Gasteiger partial charge in [-0.2, -0.15) is 0 Å². The summed E-state index contributed by atoms with van der Waals surface area (Å²) in [6, 6.07) is 5.57. The second kappa shape index (κ2) is 8.81. The minimum atomic E-state index is -1.10. The molecule has 0 saturated heterocycles. The minimum Gasteiger partial charge on any atom is -0.502 e. The first-order chi connectivity index (χ1) is 15.4. The summed E-state index contributed by atoms with van der Waals surface area (Å²) in [5.41, 5.74) is -2.01. The second-order valence-corrected chi connectivity index (χ2v) is 9.05. The van der Waals surface area contributed by atoms with Crippen LogP contribution in [0.25, 0.3) is 0 Å². The number of amides is 2. The number of pyridine rings is 1. The molecular formula is C22H24FN5O4S. The van der Waals surface area contributed by atoms with Crippen molar-refractivity contribution in [2.75, 3.05) is 11.6 Å². The van der Waals surface area contributed by atoms with E-state index in [-0.39, 0.29) is 34.3 Å². The van der Waals surface area contributed by atoms with Gasteiger partial charge >= 0.3 is 0 Å². The third kappa shape index (κ3) is 4.28. The van der Waals surface area contributed by atoms with E-state index >= 15 is 0 Å². The maximum atomic E-state index is 13.1. The van der Waals surface area contributed by atoms with E-state index in [1.54, 1.807) is 20.8 Å². The van der Waals surface area contributed by atoms with Crippen LogP contribution in [0.15, 0.2) is 35.3 Å². The molecule has 2 amide bonds. The average molecular weight is 474 g/mol. The Kier molecular flexibility index (Phi) is 6.46. The molecule has 0 fully saturated rings. The van der Waals surface area contributed by atoms with E-state index in [2.05, 4.69) is 0 Å². The van der Waals surface area contributed by atoms with Gasteiger partial charge in [-0.1, -0.05) is 23.9 Å². The molecule has 3 N–H and O–H groups in total. The Labute approximate surface area is 193 Å². The normalized spacial score (nSPS) is 14.8. The zero-order chi connectivity index (χ0) is 24.7. The summed E-state index contributed by atoms with van der Waals surface area (Å²) in [5, 5.41) is 28.0. The largest absolute Gasteiger partial charge is 0.502 e. The molecular weight excluding hydrogens is 449 g/mol. The molecule has 2 heterocycles. The van der Waals surface area contributed by atoms with Gasteiger partial charge in [0.1, 0.15) is 16.5 Å². The fourth-order valence-electron chi connectivity index (χ4n) is 3.93. The van der Waals surface area contributed by atoms with E-state index in [4.69, 9.17) is 10.8 Å².